The minimum absolute atomic E-state index is 0.0213. The first-order chi connectivity index (χ1) is 9.86. The van der Waals surface area contributed by atoms with E-state index in [1.807, 2.05) is 0 Å². The summed E-state index contributed by atoms with van der Waals surface area (Å²) in [5, 5.41) is 9.42. The van der Waals surface area contributed by atoms with E-state index in [-0.39, 0.29) is 20.8 Å². The van der Waals surface area contributed by atoms with E-state index in [1.165, 1.54) is 12.3 Å². The fourth-order valence-electron chi connectivity index (χ4n) is 1.65. The Morgan fingerprint density at radius 1 is 1.33 bits per heavy atom. The van der Waals surface area contributed by atoms with E-state index in [1.54, 1.807) is 13.1 Å². The highest BCUT2D eigenvalue weighted by molar-refractivity contribution is 9.10. The number of aromatic nitrogens is 2. The van der Waals surface area contributed by atoms with Crippen LogP contribution >= 0.6 is 39.1 Å². The Bertz CT molecular complexity index is 764. The molecule has 1 aromatic heterocycles. The van der Waals surface area contributed by atoms with Crippen LogP contribution in [0.25, 0.3) is 0 Å². The number of benzene rings is 1. The smallest absolute Gasteiger partial charge is 0.279 e. The Hall–Kier alpha value is -0.800. The van der Waals surface area contributed by atoms with Gasteiger partial charge in [-0.15, -0.1) is 0 Å². The summed E-state index contributed by atoms with van der Waals surface area (Å²) in [5.41, 5.74) is 0.708. The van der Waals surface area contributed by atoms with E-state index < -0.39 is 10.0 Å². The number of hydrogen-bond donors (Lipinski definition) is 3. The molecule has 0 atom stereocenters. The van der Waals surface area contributed by atoms with Crippen molar-refractivity contribution in [1.82, 2.24) is 15.5 Å². The Morgan fingerprint density at radius 3 is 2.71 bits per heavy atom. The summed E-state index contributed by atoms with van der Waals surface area (Å²) in [6.07, 6.45) is 1.45. The predicted octanol–water partition coefficient (Wildman–Crippen LogP) is 3.00. The average molecular weight is 414 g/mol. The maximum atomic E-state index is 12.4. The molecule has 1 heterocycles. The van der Waals surface area contributed by atoms with Gasteiger partial charge >= 0.3 is 0 Å². The summed E-state index contributed by atoms with van der Waals surface area (Å²) in [6, 6.07) is 3.12. The molecule has 0 saturated carbocycles. The van der Waals surface area contributed by atoms with Crippen LogP contribution in [0.2, 0.25) is 10.0 Å². The number of sulfonamides is 1. The molecule has 0 aliphatic rings. The second kappa shape index (κ2) is 6.53. The van der Waals surface area contributed by atoms with Crippen molar-refractivity contribution in [2.24, 2.45) is 0 Å². The Kier molecular flexibility index (Phi) is 5.15. The predicted molar refractivity (Wildman–Crippen MR) is 86.3 cm³/mol. The van der Waals surface area contributed by atoms with Gasteiger partial charge in [0.1, 0.15) is 0 Å². The minimum atomic E-state index is -3.84. The molecular weight excluding hydrogens is 403 g/mol. The van der Waals surface area contributed by atoms with Gasteiger partial charge in [0.15, 0.2) is 5.03 Å². The monoisotopic (exact) mass is 412 g/mol. The largest absolute Gasteiger partial charge is 0.316 e. The van der Waals surface area contributed by atoms with Gasteiger partial charge in [0, 0.05) is 16.6 Å². The highest BCUT2D eigenvalue weighted by Gasteiger charge is 2.22. The summed E-state index contributed by atoms with van der Waals surface area (Å²) in [6.45, 7) is 0.363. The number of nitrogens with zero attached hydrogens (tertiary/aromatic N) is 1. The lowest BCUT2D eigenvalue weighted by Crippen LogP contribution is -2.17. The van der Waals surface area contributed by atoms with Crippen molar-refractivity contribution in [1.29, 1.82) is 0 Å². The molecule has 0 aliphatic heterocycles. The zero-order chi connectivity index (χ0) is 15.6. The molecule has 1 aromatic carbocycles. The summed E-state index contributed by atoms with van der Waals surface area (Å²) in [4.78, 5) is 0. The normalized spacial score (nSPS) is 11.6. The maximum Gasteiger partial charge on any atom is 0.279 e. The Balaban J connectivity index is 2.38. The quantitative estimate of drug-likeness (QED) is 0.657. The molecular formula is C11H11BrCl2N4O2S. The van der Waals surface area contributed by atoms with E-state index in [0.29, 0.717) is 16.6 Å². The molecule has 6 nitrogen and oxygen atoms in total. The summed E-state index contributed by atoms with van der Waals surface area (Å²) in [7, 11) is -2.13. The van der Waals surface area contributed by atoms with Crippen LogP contribution in [0.4, 0.5) is 5.69 Å². The molecule has 21 heavy (non-hydrogen) atoms. The fraction of sp³-hybridized carbons (Fsp3) is 0.182. The lowest BCUT2D eigenvalue weighted by atomic mass is 10.3. The van der Waals surface area contributed by atoms with Gasteiger partial charge in [-0.3, -0.25) is 9.82 Å². The van der Waals surface area contributed by atoms with Gasteiger partial charge < -0.3 is 5.32 Å². The zero-order valence-electron chi connectivity index (χ0n) is 10.7. The van der Waals surface area contributed by atoms with Crippen LogP contribution < -0.4 is 10.0 Å². The SMILES string of the molecule is CNCc1cn[nH]c1S(=O)(=O)Nc1ccc(Br)c(Cl)c1Cl. The van der Waals surface area contributed by atoms with Crippen LogP contribution in [0.5, 0.6) is 0 Å². The number of anilines is 1. The molecule has 2 rings (SSSR count). The van der Waals surface area contributed by atoms with Crippen molar-refractivity contribution < 1.29 is 8.42 Å². The molecule has 3 N–H and O–H groups in total. The van der Waals surface area contributed by atoms with Crippen molar-refractivity contribution in [3.05, 3.63) is 38.4 Å². The van der Waals surface area contributed by atoms with Gasteiger partial charge in [0.2, 0.25) is 0 Å². The Morgan fingerprint density at radius 2 is 2.05 bits per heavy atom. The van der Waals surface area contributed by atoms with Crippen molar-refractivity contribution in [3.63, 3.8) is 0 Å². The van der Waals surface area contributed by atoms with E-state index in [0.717, 1.165) is 0 Å². The van der Waals surface area contributed by atoms with Crippen LogP contribution in [-0.4, -0.2) is 25.7 Å². The van der Waals surface area contributed by atoms with Crippen LogP contribution in [0, 0.1) is 0 Å². The Labute approximate surface area is 140 Å². The topological polar surface area (TPSA) is 86.9 Å². The first-order valence-electron chi connectivity index (χ1n) is 5.70. The standard InChI is InChI=1S/C11H11BrCl2N4O2S/c1-15-4-6-5-16-17-11(6)21(19,20)18-8-3-2-7(12)9(13)10(8)14/h2-3,5,15,18H,4H2,1H3,(H,16,17). The zero-order valence-corrected chi connectivity index (χ0v) is 14.7. The third kappa shape index (κ3) is 3.51. The number of halogens is 3. The third-order valence-electron chi connectivity index (χ3n) is 2.59. The number of aromatic amines is 1. The highest BCUT2D eigenvalue weighted by atomic mass is 79.9. The van der Waals surface area contributed by atoms with E-state index in [4.69, 9.17) is 23.2 Å². The molecule has 0 unspecified atom stereocenters. The first kappa shape index (κ1) is 16.6. The summed E-state index contributed by atoms with van der Waals surface area (Å²) >= 11 is 15.2. The van der Waals surface area contributed by atoms with Crippen molar-refractivity contribution in [2.45, 2.75) is 11.6 Å². The molecule has 0 aliphatic carbocycles. The van der Waals surface area contributed by atoms with E-state index >= 15 is 0 Å². The van der Waals surface area contributed by atoms with Crippen molar-refractivity contribution in [2.75, 3.05) is 11.8 Å². The number of hydrogen-bond acceptors (Lipinski definition) is 4. The highest BCUT2D eigenvalue weighted by Crippen LogP contribution is 2.36. The molecule has 2 aromatic rings. The average Bonchev–Trinajstić information content (AvgIpc) is 2.89. The van der Waals surface area contributed by atoms with Gasteiger partial charge in [-0.2, -0.15) is 13.5 Å². The van der Waals surface area contributed by atoms with Gasteiger partial charge in [0.05, 0.1) is 21.9 Å². The summed E-state index contributed by atoms with van der Waals surface area (Å²) < 4.78 is 27.7. The van der Waals surface area contributed by atoms with Gasteiger partial charge in [-0.05, 0) is 35.1 Å². The van der Waals surface area contributed by atoms with E-state index in [9.17, 15) is 8.42 Å². The minimum Gasteiger partial charge on any atom is -0.316 e. The lowest BCUT2D eigenvalue weighted by Gasteiger charge is -2.11. The van der Waals surface area contributed by atoms with Crippen LogP contribution in [0.1, 0.15) is 5.56 Å². The van der Waals surface area contributed by atoms with Crippen LogP contribution in [-0.2, 0) is 16.6 Å². The maximum absolute atomic E-state index is 12.4. The van der Waals surface area contributed by atoms with Crippen molar-refractivity contribution in [3.8, 4) is 0 Å². The molecule has 0 radical (unpaired) electrons. The van der Waals surface area contributed by atoms with Gasteiger partial charge in [-0.1, -0.05) is 23.2 Å². The summed E-state index contributed by atoms with van der Waals surface area (Å²) in [5.74, 6) is 0. The van der Waals surface area contributed by atoms with E-state index in [2.05, 4.69) is 36.2 Å². The molecule has 0 spiro atoms. The molecule has 0 fully saturated rings. The third-order valence-corrected chi connectivity index (χ3v) is 5.74. The number of nitrogens with one attached hydrogen (secondary N) is 3. The molecule has 0 bridgehead atoms. The molecule has 114 valence electrons. The van der Waals surface area contributed by atoms with Gasteiger partial charge in [0.25, 0.3) is 10.0 Å². The van der Waals surface area contributed by atoms with Crippen molar-refractivity contribution >= 4 is 54.8 Å². The first-order valence-corrected chi connectivity index (χ1v) is 8.73. The molecule has 0 amide bonds. The van der Waals surface area contributed by atoms with Crippen LogP contribution in [0.15, 0.2) is 27.8 Å². The van der Waals surface area contributed by atoms with Gasteiger partial charge in [-0.25, -0.2) is 0 Å². The van der Waals surface area contributed by atoms with Crippen LogP contribution in [0.3, 0.4) is 0 Å². The lowest BCUT2D eigenvalue weighted by molar-refractivity contribution is 0.595. The fourth-order valence-corrected chi connectivity index (χ4v) is 3.73. The number of rotatable bonds is 5. The number of H-pyrrole nitrogens is 1. The second-order valence-corrected chi connectivity index (χ2v) is 7.31. The molecule has 0 saturated heterocycles. The molecule has 10 heteroatoms. The second-order valence-electron chi connectivity index (χ2n) is 4.08.